The number of halogens is 3. The van der Waals surface area contributed by atoms with Gasteiger partial charge >= 0.3 is 6.18 Å². The quantitative estimate of drug-likeness (QED) is 0.465. The Morgan fingerprint density at radius 2 is 2.00 bits per heavy atom. The summed E-state index contributed by atoms with van der Waals surface area (Å²) in [6.07, 6.45) is -4.46. The Kier molecular flexibility index (Phi) is 3.73. The van der Waals surface area contributed by atoms with Crippen LogP contribution >= 0.6 is 0 Å². The first-order valence-corrected chi connectivity index (χ1v) is 4.24. The molecule has 0 fully saturated rings. The fourth-order valence-corrected chi connectivity index (χ4v) is 1.07. The van der Waals surface area contributed by atoms with Gasteiger partial charge in [0.2, 0.25) is 5.96 Å². The molecule has 1 aromatic carbocycles. The van der Waals surface area contributed by atoms with Crippen LogP contribution in [0.2, 0.25) is 0 Å². The first kappa shape index (κ1) is 12.3. The average molecular weight is 233 g/mol. The van der Waals surface area contributed by atoms with Crippen LogP contribution in [-0.4, -0.2) is 13.1 Å². The molecule has 0 amide bonds. The Balaban J connectivity index is 3.10. The standard InChI is InChI=1S/C9H10F3N3O/c1-16-15-8(13)14-7-5-3-2-4-6(7)9(10,11)12/h2-5H,1H3,(H3,13,14,15). The van der Waals surface area contributed by atoms with Crippen LogP contribution in [0.1, 0.15) is 5.56 Å². The summed E-state index contributed by atoms with van der Waals surface area (Å²) >= 11 is 0. The van der Waals surface area contributed by atoms with E-state index in [1.54, 1.807) is 0 Å². The van der Waals surface area contributed by atoms with Crippen molar-refractivity contribution in [1.82, 2.24) is 5.48 Å². The van der Waals surface area contributed by atoms with E-state index in [-0.39, 0.29) is 11.6 Å². The average Bonchev–Trinajstić information content (AvgIpc) is 2.17. The van der Waals surface area contributed by atoms with E-state index in [0.29, 0.717) is 0 Å². The van der Waals surface area contributed by atoms with Gasteiger partial charge in [-0.2, -0.15) is 13.2 Å². The summed E-state index contributed by atoms with van der Waals surface area (Å²) in [6.45, 7) is 0. The highest BCUT2D eigenvalue weighted by atomic mass is 19.4. The molecule has 0 bridgehead atoms. The van der Waals surface area contributed by atoms with Crippen LogP contribution < -0.4 is 11.2 Å². The number of alkyl halides is 3. The highest BCUT2D eigenvalue weighted by Crippen LogP contribution is 2.35. The lowest BCUT2D eigenvalue weighted by Gasteiger charge is -2.09. The van der Waals surface area contributed by atoms with Gasteiger partial charge in [-0.25, -0.2) is 10.5 Å². The van der Waals surface area contributed by atoms with Crippen LogP contribution in [0, 0.1) is 0 Å². The van der Waals surface area contributed by atoms with Gasteiger partial charge in [-0.1, -0.05) is 12.1 Å². The number of rotatable bonds is 2. The molecule has 0 spiro atoms. The molecule has 0 heterocycles. The molecule has 0 aliphatic heterocycles. The van der Waals surface area contributed by atoms with Crippen molar-refractivity contribution >= 4 is 11.6 Å². The second-order valence-electron chi connectivity index (χ2n) is 2.82. The minimum Gasteiger partial charge on any atom is -0.368 e. The Bertz CT molecular complexity index is 390. The molecule has 1 rings (SSSR count). The normalized spacial score (nSPS) is 12.6. The van der Waals surface area contributed by atoms with E-state index in [9.17, 15) is 13.2 Å². The number of para-hydroxylation sites is 1. The lowest BCUT2D eigenvalue weighted by Crippen LogP contribution is -2.30. The first-order chi connectivity index (χ1) is 7.45. The highest BCUT2D eigenvalue weighted by Gasteiger charge is 2.33. The first-order valence-electron chi connectivity index (χ1n) is 4.24. The van der Waals surface area contributed by atoms with Crippen molar-refractivity contribution in [3.8, 4) is 0 Å². The van der Waals surface area contributed by atoms with Crippen LogP contribution in [0.5, 0.6) is 0 Å². The summed E-state index contributed by atoms with van der Waals surface area (Å²) in [5, 5.41) is 0. The number of nitrogens with two attached hydrogens (primary N) is 1. The number of nitrogens with zero attached hydrogens (tertiary/aromatic N) is 1. The van der Waals surface area contributed by atoms with Gasteiger partial charge in [-0.15, -0.1) is 0 Å². The summed E-state index contributed by atoms with van der Waals surface area (Å²) < 4.78 is 37.6. The smallest absolute Gasteiger partial charge is 0.368 e. The lowest BCUT2D eigenvalue weighted by atomic mass is 10.2. The van der Waals surface area contributed by atoms with E-state index >= 15 is 0 Å². The molecule has 0 aliphatic carbocycles. The largest absolute Gasteiger partial charge is 0.418 e. The predicted molar refractivity (Wildman–Crippen MR) is 52.9 cm³/mol. The van der Waals surface area contributed by atoms with Crippen molar-refractivity contribution in [3.05, 3.63) is 29.8 Å². The Hall–Kier alpha value is -1.76. The summed E-state index contributed by atoms with van der Waals surface area (Å²) in [6, 6.07) is 4.86. The number of hydroxylamine groups is 1. The zero-order chi connectivity index (χ0) is 12.2. The third-order valence-electron chi connectivity index (χ3n) is 1.66. The zero-order valence-electron chi connectivity index (χ0n) is 8.38. The van der Waals surface area contributed by atoms with Gasteiger partial charge in [0.1, 0.15) is 0 Å². The Morgan fingerprint density at radius 3 is 2.56 bits per heavy atom. The second kappa shape index (κ2) is 4.84. The van der Waals surface area contributed by atoms with Crippen LogP contribution in [0.15, 0.2) is 29.3 Å². The van der Waals surface area contributed by atoms with E-state index in [0.717, 1.165) is 6.07 Å². The molecule has 0 saturated carbocycles. The van der Waals surface area contributed by atoms with Gasteiger partial charge in [0.15, 0.2) is 0 Å². The molecule has 0 aromatic heterocycles. The second-order valence-corrected chi connectivity index (χ2v) is 2.82. The van der Waals surface area contributed by atoms with Crippen LogP contribution in [0.3, 0.4) is 0 Å². The third-order valence-corrected chi connectivity index (χ3v) is 1.66. The number of benzene rings is 1. The molecular weight excluding hydrogens is 223 g/mol. The van der Waals surface area contributed by atoms with E-state index in [1.165, 1.54) is 25.3 Å². The van der Waals surface area contributed by atoms with E-state index in [4.69, 9.17) is 5.73 Å². The Morgan fingerprint density at radius 1 is 1.38 bits per heavy atom. The minimum absolute atomic E-state index is 0.251. The van der Waals surface area contributed by atoms with Crippen LogP contribution in [0.4, 0.5) is 18.9 Å². The molecule has 1 aromatic rings. The predicted octanol–water partition coefficient (Wildman–Crippen LogP) is 1.80. The SMILES string of the molecule is CONC(N)=Nc1ccccc1C(F)(F)F. The minimum atomic E-state index is -4.46. The number of hydrogen-bond acceptors (Lipinski definition) is 2. The van der Waals surface area contributed by atoms with Crippen molar-refractivity contribution in [2.24, 2.45) is 10.7 Å². The van der Waals surface area contributed by atoms with Crippen molar-refractivity contribution in [3.63, 3.8) is 0 Å². The monoisotopic (exact) mass is 233 g/mol. The molecule has 3 N–H and O–H groups in total. The van der Waals surface area contributed by atoms with Crippen molar-refractivity contribution in [1.29, 1.82) is 0 Å². The van der Waals surface area contributed by atoms with E-state index in [1.807, 2.05) is 0 Å². The van der Waals surface area contributed by atoms with Crippen LogP contribution in [-0.2, 0) is 11.0 Å². The van der Waals surface area contributed by atoms with Crippen molar-refractivity contribution in [2.45, 2.75) is 6.18 Å². The summed E-state index contributed by atoms with van der Waals surface area (Å²) in [5.74, 6) is -0.251. The van der Waals surface area contributed by atoms with Gasteiger partial charge in [0.05, 0.1) is 18.4 Å². The maximum absolute atomic E-state index is 12.5. The summed E-state index contributed by atoms with van der Waals surface area (Å²) in [4.78, 5) is 7.97. The topological polar surface area (TPSA) is 59.6 Å². The third kappa shape index (κ3) is 3.13. The van der Waals surface area contributed by atoms with Crippen molar-refractivity contribution in [2.75, 3.05) is 7.11 Å². The summed E-state index contributed by atoms with van der Waals surface area (Å²) in [7, 11) is 1.28. The lowest BCUT2D eigenvalue weighted by molar-refractivity contribution is -0.137. The molecule has 0 saturated heterocycles. The fourth-order valence-electron chi connectivity index (χ4n) is 1.07. The number of nitrogens with one attached hydrogen (secondary N) is 1. The highest BCUT2D eigenvalue weighted by molar-refractivity contribution is 5.80. The molecule has 4 nitrogen and oxygen atoms in total. The number of guanidine groups is 1. The van der Waals surface area contributed by atoms with Crippen LogP contribution in [0.25, 0.3) is 0 Å². The van der Waals surface area contributed by atoms with Gasteiger partial charge in [-0.05, 0) is 12.1 Å². The molecule has 0 radical (unpaired) electrons. The van der Waals surface area contributed by atoms with Gasteiger partial charge < -0.3 is 5.73 Å². The summed E-state index contributed by atoms with van der Waals surface area (Å²) in [5.41, 5.74) is 6.29. The van der Waals surface area contributed by atoms with Gasteiger partial charge in [0, 0.05) is 0 Å². The van der Waals surface area contributed by atoms with E-state index < -0.39 is 11.7 Å². The molecule has 0 unspecified atom stereocenters. The maximum atomic E-state index is 12.5. The van der Waals surface area contributed by atoms with E-state index in [2.05, 4.69) is 15.3 Å². The molecular formula is C9H10F3N3O. The fraction of sp³-hybridized carbons (Fsp3) is 0.222. The molecule has 16 heavy (non-hydrogen) atoms. The molecule has 0 aliphatic rings. The molecule has 0 atom stereocenters. The number of aliphatic imine (C=N–C) groups is 1. The maximum Gasteiger partial charge on any atom is 0.418 e. The molecule has 88 valence electrons. The zero-order valence-corrected chi connectivity index (χ0v) is 8.38. The number of hydrogen-bond donors (Lipinski definition) is 2. The van der Waals surface area contributed by atoms with Gasteiger partial charge in [0.25, 0.3) is 0 Å². The van der Waals surface area contributed by atoms with Gasteiger partial charge in [-0.3, -0.25) is 4.84 Å². The molecule has 7 heteroatoms. The van der Waals surface area contributed by atoms with Crippen molar-refractivity contribution < 1.29 is 18.0 Å². The Labute approximate surface area is 89.9 Å².